The SMILES string of the molecule is CC(OC(=O)C1C2CC3CC(C2)CC1C3)C(F)(F)S(=O)(=O)[O-]. The molecule has 1 unspecified atom stereocenters. The van der Waals surface area contributed by atoms with Crippen LogP contribution in [0.5, 0.6) is 0 Å². The topological polar surface area (TPSA) is 83.5 Å². The van der Waals surface area contributed by atoms with Gasteiger partial charge in [0.1, 0.15) is 0 Å². The molecule has 0 aromatic heterocycles. The quantitative estimate of drug-likeness (QED) is 0.580. The van der Waals surface area contributed by atoms with Gasteiger partial charge in [-0.3, -0.25) is 4.79 Å². The number of halogens is 2. The number of ether oxygens (including phenoxy) is 1. The lowest BCUT2D eigenvalue weighted by Crippen LogP contribution is -2.50. The Labute approximate surface area is 128 Å². The molecule has 0 amide bonds. The van der Waals surface area contributed by atoms with E-state index in [1.165, 1.54) is 6.42 Å². The molecule has 0 aliphatic heterocycles. The fraction of sp³-hybridized carbons (Fsp3) is 0.929. The van der Waals surface area contributed by atoms with Crippen molar-refractivity contribution in [2.45, 2.75) is 50.4 Å². The van der Waals surface area contributed by atoms with Crippen molar-refractivity contribution in [2.75, 3.05) is 0 Å². The van der Waals surface area contributed by atoms with Crippen LogP contribution >= 0.6 is 0 Å². The summed E-state index contributed by atoms with van der Waals surface area (Å²) in [4.78, 5) is 12.3. The van der Waals surface area contributed by atoms with E-state index in [1.807, 2.05) is 0 Å². The molecule has 126 valence electrons. The van der Waals surface area contributed by atoms with E-state index in [4.69, 9.17) is 4.74 Å². The van der Waals surface area contributed by atoms with Gasteiger partial charge in [0.15, 0.2) is 16.2 Å². The molecule has 4 fully saturated rings. The van der Waals surface area contributed by atoms with Crippen LogP contribution in [0.1, 0.15) is 39.0 Å². The molecule has 0 N–H and O–H groups in total. The largest absolute Gasteiger partial charge is 0.743 e. The highest BCUT2D eigenvalue weighted by Crippen LogP contribution is 2.56. The molecule has 4 bridgehead atoms. The molecule has 8 heteroatoms. The van der Waals surface area contributed by atoms with Crippen LogP contribution < -0.4 is 0 Å². The van der Waals surface area contributed by atoms with Crippen molar-refractivity contribution in [3.05, 3.63) is 0 Å². The molecule has 0 aromatic carbocycles. The summed E-state index contributed by atoms with van der Waals surface area (Å²) in [6, 6.07) is 0. The molecule has 0 spiro atoms. The normalized spacial score (nSPS) is 38.8. The standard InChI is InChI=1S/C14H20F2O5S/c1-7(14(15,16)22(18,19)20)21-13(17)12-10-3-8-2-9(5-10)6-11(12)4-8/h7-12H,2-6H2,1H3,(H,18,19,20)/p-1. The zero-order valence-corrected chi connectivity index (χ0v) is 13.0. The zero-order valence-electron chi connectivity index (χ0n) is 12.2. The Morgan fingerprint density at radius 2 is 1.59 bits per heavy atom. The van der Waals surface area contributed by atoms with E-state index in [-0.39, 0.29) is 11.8 Å². The number of esters is 1. The first-order valence-electron chi connectivity index (χ1n) is 7.63. The van der Waals surface area contributed by atoms with E-state index in [1.54, 1.807) is 0 Å². The Balaban J connectivity index is 1.70. The van der Waals surface area contributed by atoms with Crippen LogP contribution in [0.3, 0.4) is 0 Å². The van der Waals surface area contributed by atoms with Crippen LogP contribution in [0.4, 0.5) is 8.78 Å². The van der Waals surface area contributed by atoms with Gasteiger partial charge in [-0.05, 0) is 62.7 Å². The Morgan fingerprint density at radius 3 is 2.00 bits per heavy atom. The van der Waals surface area contributed by atoms with E-state index < -0.39 is 33.4 Å². The number of rotatable bonds is 4. The maximum Gasteiger partial charge on any atom is 0.369 e. The number of carbonyl (C=O) groups excluding carboxylic acids is 1. The second-order valence-corrected chi connectivity index (χ2v) is 8.50. The molecule has 4 rings (SSSR count). The van der Waals surface area contributed by atoms with Crippen molar-refractivity contribution in [3.8, 4) is 0 Å². The van der Waals surface area contributed by atoms with Crippen LogP contribution in [-0.4, -0.2) is 30.3 Å². The minimum absolute atomic E-state index is 0.147. The summed E-state index contributed by atoms with van der Waals surface area (Å²) in [6.45, 7) is 0.753. The first-order chi connectivity index (χ1) is 10.1. The van der Waals surface area contributed by atoms with Gasteiger partial charge in [0.25, 0.3) is 0 Å². The molecule has 4 aliphatic rings. The van der Waals surface area contributed by atoms with E-state index >= 15 is 0 Å². The van der Waals surface area contributed by atoms with Gasteiger partial charge < -0.3 is 9.29 Å². The lowest BCUT2D eigenvalue weighted by atomic mass is 9.52. The summed E-state index contributed by atoms with van der Waals surface area (Å²) in [7, 11) is -5.86. The summed E-state index contributed by atoms with van der Waals surface area (Å²) < 4.78 is 63.4. The number of hydrogen-bond donors (Lipinski definition) is 0. The van der Waals surface area contributed by atoms with E-state index in [0.717, 1.165) is 32.6 Å². The molecule has 0 heterocycles. The second-order valence-electron chi connectivity index (χ2n) is 7.05. The average Bonchev–Trinajstić information content (AvgIpc) is 2.35. The third-order valence-electron chi connectivity index (χ3n) is 5.60. The lowest BCUT2D eigenvalue weighted by Gasteiger charge is -2.53. The van der Waals surface area contributed by atoms with Crippen molar-refractivity contribution in [1.82, 2.24) is 0 Å². The number of carbonyl (C=O) groups is 1. The second kappa shape index (κ2) is 5.12. The van der Waals surface area contributed by atoms with Gasteiger partial charge in [0.2, 0.25) is 0 Å². The molecule has 0 saturated heterocycles. The summed E-state index contributed by atoms with van der Waals surface area (Å²) in [5.74, 6) is 0.326. The Hall–Kier alpha value is -0.760. The van der Waals surface area contributed by atoms with E-state index in [0.29, 0.717) is 11.8 Å². The monoisotopic (exact) mass is 337 g/mol. The summed E-state index contributed by atoms with van der Waals surface area (Å²) in [6.07, 6.45) is 2.58. The van der Waals surface area contributed by atoms with Crippen LogP contribution in [0.25, 0.3) is 0 Å². The minimum Gasteiger partial charge on any atom is -0.743 e. The molecule has 4 saturated carbocycles. The van der Waals surface area contributed by atoms with Crippen molar-refractivity contribution >= 4 is 16.1 Å². The van der Waals surface area contributed by atoms with E-state index in [9.17, 15) is 26.5 Å². The predicted molar refractivity (Wildman–Crippen MR) is 70.7 cm³/mol. The first-order valence-corrected chi connectivity index (χ1v) is 9.04. The predicted octanol–water partition coefficient (Wildman–Crippen LogP) is 2.13. The molecule has 1 atom stereocenters. The van der Waals surface area contributed by atoms with Gasteiger partial charge in [-0.15, -0.1) is 0 Å². The van der Waals surface area contributed by atoms with Crippen molar-refractivity contribution in [2.24, 2.45) is 29.6 Å². The van der Waals surface area contributed by atoms with E-state index in [2.05, 4.69) is 0 Å². The van der Waals surface area contributed by atoms with Gasteiger partial charge in [0.05, 0.1) is 5.92 Å². The molecule has 4 aliphatic carbocycles. The van der Waals surface area contributed by atoms with Gasteiger partial charge >= 0.3 is 11.2 Å². The van der Waals surface area contributed by atoms with Crippen molar-refractivity contribution in [1.29, 1.82) is 0 Å². The van der Waals surface area contributed by atoms with Crippen molar-refractivity contribution < 1.29 is 31.3 Å². The Bertz CT molecular complexity index is 546. The fourth-order valence-corrected chi connectivity index (χ4v) is 5.29. The maximum atomic E-state index is 13.4. The lowest BCUT2D eigenvalue weighted by molar-refractivity contribution is -0.177. The van der Waals surface area contributed by atoms with Gasteiger partial charge in [-0.1, -0.05) is 0 Å². The molecular weight excluding hydrogens is 318 g/mol. The molecule has 22 heavy (non-hydrogen) atoms. The third-order valence-corrected chi connectivity index (χ3v) is 6.60. The fourth-order valence-electron chi connectivity index (χ4n) is 4.83. The zero-order chi connectivity index (χ0) is 16.3. The van der Waals surface area contributed by atoms with Crippen LogP contribution in [0.15, 0.2) is 0 Å². The third kappa shape index (κ3) is 2.54. The molecule has 0 aromatic rings. The van der Waals surface area contributed by atoms with Crippen LogP contribution in [0, 0.1) is 29.6 Å². The molecule has 0 radical (unpaired) electrons. The highest BCUT2D eigenvalue weighted by molar-refractivity contribution is 7.86. The van der Waals surface area contributed by atoms with Gasteiger partial charge in [-0.2, -0.15) is 8.78 Å². The first kappa shape index (κ1) is 16.1. The Morgan fingerprint density at radius 1 is 1.14 bits per heavy atom. The molecular formula is C14H19F2O5S-. The smallest absolute Gasteiger partial charge is 0.369 e. The maximum absolute atomic E-state index is 13.4. The Kier molecular flexibility index (Phi) is 3.75. The van der Waals surface area contributed by atoms with Gasteiger partial charge in [0, 0.05) is 0 Å². The molecule has 5 nitrogen and oxygen atoms in total. The van der Waals surface area contributed by atoms with Crippen molar-refractivity contribution in [3.63, 3.8) is 0 Å². The summed E-state index contributed by atoms with van der Waals surface area (Å²) in [5.41, 5.74) is 0. The summed E-state index contributed by atoms with van der Waals surface area (Å²) >= 11 is 0. The number of hydrogen-bond acceptors (Lipinski definition) is 5. The summed E-state index contributed by atoms with van der Waals surface area (Å²) in [5, 5.41) is -4.60. The number of alkyl halides is 2. The average molecular weight is 337 g/mol. The van der Waals surface area contributed by atoms with Gasteiger partial charge in [-0.25, -0.2) is 8.42 Å². The highest BCUT2D eigenvalue weighted by Gasteiger charge is 2.53. The van der Waals surface area contributed by atoms with Crippen LogP contribution in [-0.2, 0) is 19.6 Å². The minimum atomic E-state index is -5.86. The van der Waals surface area contributed by atoms with Crippen LogP contribution in [0.2, 0.25) is 0 Å². The highest BCUT2D eigenvalue weighted by atomic mass is 32.2.